The molecule has 0 aliphatic carbocycles. The lowest BCUT2D eigenvalue weighted by Gasteiger charge is -2.17. The Morgan fingerprint density at radius 1 is 1.38 bits per heavy atom. The second-order valence-electron chi connectivity index (χ2n) is 4.00. The van der Waals surface area contributed by atoms with Crippen molar-refractivity contribution in [2.75, 3.05) is 6.54 Å². The minimum Gasteiger partial charge on any atom is -0.309 e. The van der Waals surface area contributed by atoms with Crippen molar-refractivity contribution in [3.63, 3.8) is 0 Å². The molecule has 1 heterocycles. The van der Waals surface area contributed by atoms with Gasteiger partial charge in [-0.15, -0.1) is 0 Å². The van der Waals surface area contributed by atoms with Gasteiger partial charge >= 0.3 is 0 Å². The summed E-state index contributed by atoms with van der Waals surface area (Å²) < 4.78 is 0. The molecule has 0 aliphatic rings. The SMILES string of the molecule is C=C(CC)CC(NCC)c1cnc(C)cn1. The van der Waals surface area contributed by atoms with Gasteiger partial charge in [0.2, 0.25) is 0 Å². The molecule has 1 rings (SSSR count). The minimum atomic E-state index is 0.241. The van der Waals surface area contributed by atoms with E-state index in [1.165, 1.54) is 5.57 Å². The van der Waals surface area contributed by atoms with Crippen molar-refractivity contribution in [3.05, 3.63) is 35.9 Å². The van der Waals surface area contributed by atoms with Crippen LogP contribution in [0.1, 0.15) is 44.1 Å². The normalized spacial score (nSPS) is 12.4. The summed E-state index contributed by atoms with van der Waals surface area (Å²) >= 11 is 0. The lowest BCUT2D eigenvalue weighted by atomic mass is 10.0. The van der Waals surface area contributed by atoms with Gasteiger partial charge in [-0.05, 0) is 26.3 Å². The molecule has 1 aromatic heterocycles. The van der Waals surface area contributed by atoms with Crippen LogP contribution in [0.2, 0.25) is 0 Å². The summed E-state index contributed by atoms with van der Waals surface area (Å²) in [6.45, 7) is 11.2. The van der Waals surface area contributed by atoms with E-state index < -0.39 is 0 Å². The van der Waals surface area contributed by atoms with Gasteiger partial charge in [-0.25, -0.2) is 0 Å². The number of hydrogen-bond donors (Lipinski definition) is 1. The monoisotopic (exact) mass is 219 g/mol. The Morgan fingerprint density at radius 3 is 2.62 bits per heavy atom. The van der Waals surface area contributed by atoms with Crippen molar-refractivity contribution >= 4 is 0 Å². The van der Waals surface area contributed by atoms with E-state index in [9.17, 15) is 0 Å². The number of hydrogen-bond acceptors (Lipinski definition) is 3. The fourth-order valence-electron chi connectivity index (χ4n) is 1.54. The molecule has 1 aromatic rings. The Bertz CT molecular complexity index is 330. The van der Waals surface area contributed by atoms with Gasteiger partial charge in [0.05, 0.1) is 23.6 Å². The van der Waals surface area contributed by atoms with Crippen LogP contribution < -0.4 is 5.32 Å². The summed E-state index contributed by atoms with van der Waals surface area (Å²) in [5, 5.41) is 3.42. The van der Waals surface area contributed by atoms with E-state index in [2.05, 4.69) is 35.7 Å². The Kier molecular flexibility index (Phi) is 5.12. The van der Waals surface area contributed by atoms with Crippen molar-refractivity contribution in [1.82, 2.24) is 15.3 Å². The average Bonchev–Trinajstić information content (AvgIpc) is 2.29. The number of aromatic nitrogens is 2. The highest BCUT2D eigenvalue weighted by molar-refractivity contribution is 5.10. The second-order valence-corrected chi connectivity index (χ2v) is 4.00. The first-order chi connectivity index (χ1) is 7.67. The molecular weight excluding hydrogens is 198 g/mol. The minimum absolute atomic E-state index is 0.241. The molecule has 88 valence electrons. The Balaban J connectivity index is 2.76. The maximum Gasteiger partial charge on any atom is 0.0759 e. The number of nitrogens with one attached hydrogen (secondary N) is 1. The summed E-state index contributed by atoms with van der Waals surface area (Å²) in [5.41, 5.74) is 3.20. The van der Waals surface area contributed by atoms with Crippen molar-refractivity contribution in [3.8, 4) is 0 Å². The van der Waals surface area contributed by atoms with Crippen LogP contribution >= 0.6 is 0 Å². The Labute approximate surface area is 98.0 Å². The van der Waals surface area contributed by atoms with Gasteiger partial charge < -0.3 is 5.32 Å². The molecule has 16 heavy (non-hydrogen) atoms. The predicted molar refractivity (Wildman–Crippen MR) is 67.2 cm³/mol. The molecule has 1 unspecified atom stereocenters. The van der Waals surface area contributed by atoms with E-state index in [-0.39, 0.29) is 6.04 Å². The topological polar surface area (TPSA) is 37.8 Å². The van der Waals surface area contributed by atoms with Crippen LogP contribution in [0.15, 0.2) is 24.5 Å². The number of rotatable bonds is 6. The molecule has 1 atom stereocenters. The molecule has 0 spiro atoms. The largest absolute Gasteiger partial charge is 0.309 e. The third kappa shape index (κ3) is 3.74. The molecule has 0 radical (unpaired) electrons. The molecule has 1 N–H and O–H groups in total. The van der Waals surface area contributed by atoms with Gasteiger partial charge in [0.25, 0.3) is 0 Å². The van der Waals surface area contributed by atoms with Crippen molar-refractivity contribution in [2.45, 2.75) is 39.7 Å². The maximum atomic E-state index is 4.42. The van der Waals surface area contributed by atoms with Crippen molar-refractivity contribution in [1.29, 1.82) is 0 Å². The van der Waals surface area contributed by atoms with E-state index in [1.54, 1.807) is 0 Å². The van der Waals surface area contributed by atoms with E-state index >= 15 is 0 Å². The van der Waals surface area contributed by atoms with Gasteiger partial charge in [0, 0.05) is 6.20 Å². The highest BCUT2D eigenvalue weighted by atomic mass is 14.9. The average molecular weight is 219 g/mol. The number of aryl methyl sites for hydroxylation is 1. The first-order valence-electron chi connectivity index (χ1n) is 5.85. The lowest BCUT2D eigenvalue weighted by Crippen LogP contribution is -2.22. The predicted octanol–water partition coefficient (Wildman–Crippen LogP) is 2.79. The van der Waals surface area contributed by atoms with E-state index in [0.717, 1.165) is 30.8 Å². The van der Waals surface area contributed by atoms with E-state index in [0.29, 0.717) is 0 Å². The van der Waals surface area contributed by atoms with Gasteiger partial charge in [0.1, 0.15) is 0 Å². The molecule has 0 saturated heterocycles. The van der Waals surface area contributed by atoms with Crippen molar-refractivity contribution in [2.24, 2.45) is 0 Å². The summed E-state index contributed by atoms with van der Waals surface area (Å²) in [6.07, 6.45) is 5.61. The van der Waals surface area contributed by atoms with Crippen LogP contribution in [0.3, 0.4) is 0 Å². The van der Waals surface area contributed by atoms with Crippen molar-refractivity contribution < 1.29 is 0 Å². The molecular formula is C13H21N3. The Morgan fingerprint density at radius 2 is 2.12 bits per heavy atom. The molecule has 0 aromatic carbocycles. The molecule has 0 aliphatic heterocycles. The quantitative estimate of drug-likeness (QED) is 0.748. The molecule has 0 saturated carbocycles. The smallest absolute Gasteiger partial charge is 0.0759 e. The second kappa shape index (κ2) is 6.38. The summed E-state index contributed by atoms with van der Waals surface area (Å²) in [7, 11) is 0. The lowest BCUT2D eigenvalue weighted by molar-refractivity contribution is 0.528. The first-order valence-corrected chi connectivity index (χ1v) is 5.85. The standard InChI is InChI=1S/C13H21N3/c1-5-10(3)7-12(14-6-2)13-9-15-11(4)8-16-13/h8-9,12,14H,3,5-7H2,1-2,4H3. The highest BCUT2D eigenvalue weighted by Gasteiger charge is 2.12. The zero-order valence-corrected chi connectivity index (χ0v) is 10.5. The first kappa shape index (κ1) is 12.8. The van der Waals surface area contributed by atoms with Crippen LogP contribution in [-0.4, -0.2) is 16.5 Å². The third-order valence-corrected chi connectivity index (χ3v) is 2.60. The van der Waals surface area contributed by atoms with Crippen LogP contribution in [0.4, 0.5) is 0 Å². The van der Waals surface area contributed by atoms with E-state index in [1.807, 2.05) is 19.3 Å². The van der Waals surface area contributed by atoms with Crippen LogP contribution in [0.25, 0.3) is 0 Å². The molecule has 3 heteroatoms. The maximum absolute atomic E-state index is 4.42. The molecule has 0 bridgehead atoms. The zero-order chi connectivity index (χ0) is 12.0. The molecule has 3 nitrogen and oxygen atoms in total. The highest BCUT2D eigenvalue weighted by Crippen LogP contribution is 2.19. The van der Waals surface area contributed by atoms with Gasteiger partial charge in [-0.1, -0.05) is 26.0 Å². The third-order valence-electron chi connectivity index (χ3n) is 2.60. The van der Waals surface area contributed by atoms with E-state index in [4.69, 9.17) is 0 Å². The summed E-state index contributed by atoms with van der Waals surface area (Å²) in [4.78, 5) is 8.70. The van der Waals surface area contributed by atoms with Gasteiger partial charge in [0.15, 0.2) is 0 Å². The van der Waals surface area contributed by atoms with Crippen LogP contribution in [0.5, 0.6) is 0 Å². The zero-order valence-electron chi connectivity index (χ0n) is 10.5. The fraction of sp³-hybridized carbons (Fsp3) is 0.538. The van der Waals surface area contributed by atoms with Gasteiger partial charge in [-0.2, -0.15) is 0 Å². The molecule has 0 amide bonds. The number of nitrogens with zero attached hydrogens (tertiary/aromatic N) is 2. The Hall–Kier alpha value is -1.22. The van der Waals surface area contributed by atoms with Crippen LogP contribution in [-0.2, 0) is 0 Å². The summed E-state index contributed by atoms with van der Waals surface area (Å²) in [5.74, 6) is 0. The van der Waals surface area contributed by atoms with Gasteiger partial charge in [-0.3, -0.25) is 9.97 Å². The fourth-order valence-corrected chi connectivity index (χ4v) is 1.54. The van der Waals surface area contributed by atoms with Crippen LogP contribution in [0, 0.1) is 6.92 Å². The molecule has 0 fully saturated rings. The summed E-state index contributed by atoms with van der Waals surface area (Å²) in [6, 6.07) is 0.241.